The van der Waals surface area contributed by atoms with Crippen LogP contribution in [0.25, 0.3) is 0 Å². The van der Waals surface area contributed by atoms with E-state index in [0.717, 1.165) is 16.9 Å². The van der Waals surface area contributed by atoms with Crippen LogP contribution in [0.2, 0.25) is 0 Å². The van der Waals surface area contributed by atoms with Crippen molar-refractivity contribution in [3.63, 3.8) is 0 Å². The number of nitrogens with zero attached hydrogens (tertiary/aromatic N) is 4. The van der Waals surface area contributed by atoms with E-state index in [1.165, 1.54) is 17.3 Å². The van der Waals surface area contributed by atoms with E-state index < -0.39 is 6.09 Å². The number of carbonyl (C=O) groups excluding carboxylic acids is 1. The van der Waals surface area contributed by atoms with Gasteiger partial charge in [-0.15, -0.1) is 0 Å². The molecule has 0 spiro atoms. The minimum absolute atomic E-state index is 0.233. The number of carbonyl (C=O) groups is 2. The molecule has 1 aromatic heterocycles. The zero-order chi connectivity index (χ0) is 25.3. The van der Waals surface area contributed by atoms with Gasteiger partial charge in [-0.05, 0) is 42.8 Å². The predicted octanol–water partition coefficient (Wildman–Crippen LogP) is 4.06. The topological polar surface area (TPSA) is 123 Å². The lowest BCUT2D eigenvalue weighted by atomic mass is 10.2. The lowest BCUT2D eigenvalue weighted by Gasteiger charge is -2.32. The van der Waals surface area contributed by atoms with Gasteiger partial charge in [0.15, 0.2) is 0 Å². The second-order valence-electron chi connectivity index (χ2n) is 8.45. The van der Waals surface area contributed by atoms with Crippen molar-refractivity contribution in [3.05, 3.63) is 78.6 Å². The lowest BCUT2D eigenvalue weighted by Crippen LogP contribution is -2.48. The highest BCUT2D eigenvalue weighted by Crippen LogP contribution is 2.22. The Morgan fingerprint density at radius 3 is 2.22 bits per heavy atom. The van der Waals surface area contributed by atoms with Crippen LogP contribution in [0.5, 0.6) is 0 Å². The molecule has 2 amide bonds. The van der Waals surface area contributed by atoms with E-state index in [2.05, 4.69) is 30.8 Å². The highest BCUT2D eigenvalue weighted by atomic mass is 16.4. The molecular weight excluding hydrogens is 458 g/mol. The molecule has 3 aromatic rings. The van der Waals surface area contributed by atoms with Gasteiger partial charge in [0.1, 0.15) is 18.0 Å². The second kappa shape index (κ2) is 11.8. The monoisotopic (exact) mass is 487 g/mol. The van der Waals surface area contributed by atoms with Crippen LogP contribution < -0.4 is 16.0 Å². The third-order valence-electron chi connectivity index (χ3n) is 5.64. The zero-order valence-electron chi connectivity index (χ0n) is 20.0. The molecule has 2 aromatic carbocycles. The lowest BCUT2D eigenvalue weighted by molar-refractivity contribution is -0.111. The van der Waals surface area contributed by atoms with E-state index >= 15 is 0 Å². The predicted molar refractivity (Wildman–Crippen MR) is 140 cm³/mol. The fourth-order valence-corrected chi connectivity index (χ4v) is 3.80. The summed E-state index contributed by atoms with van der Waals surface area (Å²) >= 11 is 0. The average molecular weight is 488 g/mol. The van der Waals surface area contributed by atoms with Gasteiger partial charge in [0.25, 0.3) is 0 Å². The molecule has 36 heavy (non-hydrogen) atoms. The summed E-state index contributed by atoms with van der Waals surface area (Å²) in [6.45, 7) is 4.88. The molecule has 1 aliphatic heterocycles. The molecule has 0 radical (unpaired) electrons. The first kappa shape index (κ1) is 24.7. The van der Waals surface area contributed by atoms with E-state index in [-0.39, 0.29) is 5.91 Å². The third kappa shape index (κ3) is 7.28. The summed E-state index contributed by atoms with van der Waals surface area (Å²) in [5.74, 6) is 1.05. The Morgan fingerprint density at radius 2 is 1.56 bits per heavy atom. The fourth-order valence-electron chi connectivity index (χ4n) is 3.80. The standard InChI is InChI=1S/C26H29N7O3/c1-19-5-2-6-20(15-19)29-23-17-24(28-18-27-23)30-21-7-3-8-22(16-21)31-25(34)9-4-10-32-11-13-33(14-12-32)26(35)36/h2-9,15-18H,10-14H2,1H3,(H,31,34)(H,35,36)(H2,27,28,29,30)/b9-4+. The molecule has 186 valence electrons. The number of hydrogen-bond acceptors (Lipinski definition) is 7. The molecule has 10 nitrogen and oxygen atoms in total. The molecule has 1 aliphatic rings. The van der Waals surface area contributed by atoms with Gasteiger partial charge >= 0.3 is 6.09 Å². The molecule has 0 unspecified atom stereocenters. The Kier molecular flexibility index (Phi) is 8.09. The van der Waals surface area contributed by atoms with E-state index in [1.807, 2.05) is 61.5 Å². The molecule has 0 aliphatic carbocycles. The van der Waals surface area contributed by atoms with Crippen molar-refractivity contribution in [1.29, 1.82) is 0 Å². The highest BCUT2D eigenvalue weighted by molar-refractivity contribution is 5.99. The minimum Gasteiger partial charge on any atom is -0.465 e. The number of rotatable bonds is 8. The molecule has 4 rings (SSSR count). The Balaban J connectivity index is 1.29. The first-order valence-corrected chi connectivity index (χ1v) is 11.7. The molecule has 4 N–H and O–H groups in total. The fraction of sp³-hybridized carbons (Fsp3) is 0.231. The Hall–Kier alpha value is -4.44. The molecule has 10 heteroatoms. The van der Waals surface area contributed by atoms with Crippen molar-refractivity contribution in [2.24, 2.45) is 0 Å². The van der Waals surface area contributed by atoms with Crippen molar-refractivity contribution in [3.8, 4) is 0 Å². The number of piperazine rings is 1. The number of aromatic nitrogens is 2. The third-order valence-corrected chi connectivity index (χ3v) is 5.64. The Bertz CT molecular complexity index is 1240. The van der Waals surface area contributed by atoms with Gasteiger partial charge in [-0.3, -0.25) is 9.69 Å². The van der Waals surface area contributed by atoms with Crippen molar-refractivity contribution in [1.82, 2.24) is 19.8 Å². The maximum atomic E-state index is 12.4. The quantitative estimate of drug-likeness (QED) is 0.351. The Morgan fingerprint density at radius 1 is 0.917 bits per heavy atom. The van der Waals surface area contributed by atoms with Gasteiger partial charge in [-0.25, -0.2) is 14.8 Å². The van der Waals surface area contributed by atoms with E-state index in [1.54, 1.807) is 6.08 Å². The van der Waals surface area contributed by atoms with Crippen LogP contribution in [-0.2, 0) is 4.79 Å². The van der Waals surface area contributed by atoms with Crippen LogP contribution in [0, 0.1) is 6.92 Å². The molecule has 1 saturated heterocycles. The molecular formula is C26H29N7O3. The first-order chi connectivity index (χ1) is 17.4. The van der Waals surface area contributed by atoms with E-state index in [4.69, 9.17) is 5.11 Å². The number of benzene rings is 2. The maximum Gasteiger partial charge on any atom is 0.407 e. The van der Waals surface area contributed by atoms with Crippen molar-refractivity contribution < 1.29 is 14.7 Å². The number of anilines is 5. The number of carboxylic acid groups (broad SMARTS) is 1. The molecule has 0 saturated carbocycles. The summed E-state index contributed by atoms with van der Waals surface area (Å²) in [6.07, 6.45) is 3.88. The molecule has 2 heterocycles. The average Bonchev–Trinajstić information content (AvgIpc) is 2.85. The Labute approximate surface area is 209 Å². The van der Waals surface area contributed by atoms with Gasteiger partial charge in [0.05, 0.1) is 0 Å². The molecule has 0 atom stereocenters. The first-order valence-electron chi connectivity index (χ1n) is 11.7. The highest BCUT2D eigenvalue weighted by Gasteiger charge is 2.19. The number of hydrogen-bond donors (Lipinski definition) is 4. The minimum atomic E-state index is -0.889. The van der Waals surface area contributed by atoms with Gasteiger partial charge in [0.2, 0.25) is 5.91 Å². The maximum absolute atomic E-state index is 12.4. The number of amides is 2. The van der Waals surface area contributed by atoms with Crippen molar-refractivity contribution in [2.75, 3.05) is 48.7 Å². The van der Waals surface area contributed by atoms with Gasteiger partial charge in [0, 0.05) is 61.9 Å². The van der Waals surface area contributed by atoms with Crippen LogP contribution >= 0.6 is 0 Å². The van der Waals surface area contributed by atoms with Gasteiger partial charge in [-0.1, -0.05) is 24.3 Å². The second-order valence-corrected chi connectivity index (χ2v) is 8.45. The summed E-state index contributed by atoms with van der Waals surface area (Å²) < 4.78 is 0. The normalized spacial score (nSPS) is 14.0. The number of nitrogens with one attached hydrogen (secondary N) is 3. The van der Waals surface area contributed by atoms with Crippen molar-refractivity contribution >= 4 is 40.7 Å². The SMILES string of the molecule is Cc1cccc(Nc2cc(Nc3cccc(NC(=O)/C=C/CN4CCN(C(=O)O)CC4)c3)ncn2)c1. The molecule has 1 fully saturated rings. The van der Waals surface area contributed by atoms with E-state index in [9.17, 15) is 9.59 Å². The summed E-state index contributed by atoms with van der Waals surface area (Å²) in [4.78, 5) is 35.4. The van der Waals surface area contributed by atoms with Crippen LogP contribution in [0.1, 0.15) is 5.56 Å². The largest absolute Gasteiger partial charge is 0.465 e. The van der Waals surface area contributed by atoms with E-state index in [0.29, 0.717) is 50.0 Å². The summed E-state index contributed by atoms with van der Waals surface area (Å²) in [5, 5.41) is 18.4. The van der Waals surface area contributed by atoms with Crippen molar-refractivity contribution in [2.45, 2.75) is 6.92 Å². The summed E-state index contributed by atoms with van der Waals surface area (Å²) in [6, 6.07) is 17.2. The van der Waals surface area contributed by atoms with Crippen LogP contribution in [0.3, 0.4) is 0 Å². The summed E-state index contributed by atoms with van der Waals surface area (Å²) in [5.41, 5.74) is 3.52. The van der Waals surface area contributed by atoms with Gasteiger partial charge < -0.3 is 26.0 Å². The van der Waals surface area contributed by atoms with Crippen LogP contribution in [0.4, 0.5) is 33.5 Å². The number of aryl methyl sites for hydroxylation is 1. The summed E-state index contributed by atoms with van der Waals surface area (Å²) in [7, 11) is 0. The van der Waals surface area contributed by atoms with Crippen LogP contribution in [-0.4, -0.2) is 69.6 Å². The zero-order valence-corrected chi connectivity index (χ0v) is 20.0. The molecule has 0 bridgehead atoms. The van der Waals surface area contributed by atoms with Gasteiger partial charge in [-0.2, -0.15) is 0 Å². The smallest absolute Gasteiger partial charge is 0.407 e. The van der Waals surface area contributed by atoms with Crippen LogP contribution in [0.15, 0.2) is 73.1 Å².